The molecule has 1 heterocycles. The summed E-state index contributed by atoms with van der Waals surface area (Å²) in [7, 11) is 0. The molecule has 0 saturated carbocycles. The van der Waals surface area contributed by atoms with Crippen molar-refractivity contribution in [3.8, 4) is 11.4 Å². The molecule has 106 valence electrons. The monoisotopic (exact) mass is 300 g/mol. The first kappa shape index (κ1) is 13.5. The Morgan fingerprint density at radius 2 is 1.90 bits per heavy atom. The number of nitrogens with zero attached hydrogens (tertiary/aromatic N) is 3. The van der Waals surface area contributed by atoms with Gasteiger partial charge in [-0.1, -0.05) is 17.7 Å². The number of phenolic OH excluding ortho intramolecular Hbond substituents is 1. The highest BCUT2D eigenvalue weighted by Gasteiger charge is 2.03. The van der Waals surface area contributed by atoms with Crippen molar-refractivity contribution in [2.75, 3.05) is 5.32 Å². The summed E-state index contributed by atoms with van der Waals surface area (Å²) < 4.78 is 1.82. The van der Waals surface area contributed by atoms with E-state index in [2.05, 4.69) is 15.5 Å². The highest BCUT2D eigenvalue weighted by Crippen LogP contribution is 2.23. The number of hydrogen-bond acceptors (Lipinski definition) is 4. The predicted octanol–water partition coefficient (Wildman–Crippen LogP) is 3.24. The van der Waals surface area contributed by atoms with Crippen molar-refractivity contribution < 1.29 is 5.11 Å². The van der Waals surface area contributed by atoms with Crippen molar-refractivity contribution in [3.05, 3.63) is 65.7 Å². The maximum atomic E-state index is 9.80. The molecular weight excluding hydrogens is 288 g/mol. The molecular formula is C15H13ClN4O. The Balaban J connectivity index is 1.76. The fourth-order valence-corrected chi connectivity index (χ4v) is 2.20. The molecule has 0 atom stereocenters. The summed E-state index contributed by atoms with van der Waals surface area (Å²) >= 11 is 5.94. The van der Waals surface area contributed by atoms with Crippen LogP contribution in [0.4, 0.5) is 5.69 Å². The molecule has 0 radical (unpaired) electrons. The van der Waals surface area contributed by atoms with Crippen LogP contribution >= 0.6 is 11.6 Å². The number of phenols is 1. The summed E-state index contributed by atoms with van der Waals surface area (Å²) in [5, 5.41) is 21.2. The van der Waals surface area contributed by atoms with Crippen molar-refractivity contribution in [2.24, 2.45) is 0 Å². The smallest absolute Gasteiger partial charge is 0.123 e. The van der Waals surface area contributed by atoms with Crippen LogP contribution in [0.1, 0.15) is 5.56 Å². The summed E-state index contributed by atoms with van der Waals surface area (Å²) in [5.41, 5.74) is 2.64. The largest absolute Gasteiger partial charge is 0.508 e. The molecule has 21 heavy (non-hydrogen) atoms. The number of nitrogens with one attached hydrogen (secondary N) is 1. The first-order chi connectivity index (χ1) is 10.2. The van der Waals surface area contributed by atoms with Gasteiger partial charge in [0, 0.05) is 22.8 Å². The van der Waals surface area contributed by atoms with Crippen LogP contribution < -0.4 is 5.32 Å². The highest BCUT2D eigenvalue weighted by molar-refractivity contribution is 6.30. The van der Waals surface area contributed by atoms with Gasteiger partial charge in [-0.15, -0.1) is 10.2 Å². The van der Waals surface area contributed by atoms with Gasteiger partial charge in [0.2, 0.25) is 0 Å². The Morgan fingerprint density at radius 1 is 1.10 bits per heavy atom. The number of rotatable bonds is 4. The van der Waals surface area contributed by atoms with Gasteiger partial charge in [0.1, 0.15) is 18.4 Å². The third kappa shape index (κ3) is 3.14. The van der Waals surface area contributed by atoms with E-state index in [9.17, 15) is 5.11 Å². The Kier molecular flexibility index (Phi) is 3.75. The summed E-state index contributed by atoms with van der Waals surface area (Å²) in [6.45, 7) is 0.484. The van der Waals surface area contributed by atoms with Gasteiger partial charge in [-0.3, -0.25) is 4.57 Å². The third-order valence-corrected chi connectivity index (χ3v) is 3.32. The number of benzene rings is 2. The molecule has 0 aliphatic carbocycles. The molecule has 0 spiro atoms. The van der Waals surface area contributed by atoms with E-state index in [1.807, 2.05) is 28.8 Å². The minimum atomic E-state index is 0.224. The number of anilines is 1. The average Bonchev–Trinajstić information content (AvgIpc) is 3.03. The lowest BCUT2D eigenvalue weighted by Gasteiger charge is -2.10. The molecule has 0 unspecified atom stereocenters. The fourth-order valence-electron chi connectivity index (χ4n) is 2.00. The van der Waals surface area contributed by atoms with Crippen molar-refractivity contribution >= 4 is 17.3 Å². The number of hydrogen-bond donors (Lipinski definition) is 2. The van der Waals surface area contributed by atoms with Crippen LogP contribution in [-0.4, -0.2) is 19.9 Å². The number of aromatic hydroxyl groups is 1. The van der Waals surface area contributed by atoms with Crippen LogP contribution in [0.2, 0.25) is 5.02 Å². The van der Waals surface area contributed by atoms with Crippen LogP contribution in [0, 0.1) is 0 Å². The lowest BCUT2D eigenvalue weighted by Crippen LogP contribution is -2.00. The summed E-state index contributed by atoms with van der Waals surface area (Å²) in [4.78, 5) is 0. The van der Waals surface area contributed by atoms with E-state index in [0.29, 0.717) is 11.6 Å². The molecule has 3 aromatic rings. The van der Waals surface area contributed by atoms with Gasteiger partial charge in [0.05, 0.1) is 5.69 Å². The number of halogens is 1. The van der Waals surface area contributed by atoms with Gasteiger partial charge < -0.3 is 10.4 Å². The fraction of sp³-hybridized carbons (Fsp3) is 0.0667. The van der Waals surface area contributed by atoms with E-state index in [1.165, 1.54) is 0 Å². The highest BCUT2D eigenvalue weighted by atomic mass is 35.5. The Bertz CT molecular complexity index is 743. The van der Waals surface area contributed by atoms with Crippen LogP contribution in [0.25, 0.3) is 5.69 Å². The van der Waals surface area contributed by atoms with E-state index in [4.69, 9.17) is 11.6 Å². The van der Waals surface area contributed by atoms with E-state index < -0.39 is 0 Å². The molecule has 0 fully saturated rings. The predicted molar refractivity (Wildman–Crippen MR) is 81.8 cm³/mol. The molecule has 1 aromatic heterocycles. The minimum absolute atomic E-state index is 0.224. The van der Waals surface area contributed by atoms with Crippen LogP contribution in [-0.2, 0) is 6.54 Å². The lowest BCUT2D eigenvalue weighted by molar-refractivity contribution is 0.469. The van der Waals surface area contributed by atoms with Gasteiger partial charge in [-0.05, 0) is 36.4 Å². The van der Waals surface area contributed by atoms with Gasteiger partial charge in [0.25, 0.3) is 0 Å². The molecule has 2 aromatic carbocycles. The second-order valence-corrected chi connectivity index (χ2v) is 4.98. The zero-order valence-electron chi connectivity index (χ0n) is 11.1. The third-order valence-electron chi connectivity index (χ3n) is 3.09. The molecule has 0 aliphatic heterocycles. The zero-order valence-corrected chi connectivity index (χ0v) is 11.8. The zero-order chi connectivity index (χ0) is 14.7. The molecule has 6 heteroatoms. The van der Waals surface area contributed by atoms with Gasteiger partial charge >= 0.3 is 0 Å². The van der Waals surface area contributed by atoms with Crippen LogP contribution in [0.15, 0.2) is 55.1 Å². The standard InChI is InChI=1S/C15H13ClN4O/c16-12-4-5-15(21)11(6-12)8-17-13-2-1-3-14(7-13)20-9-18-19-10-20/h1-7,9-10,17,21H,8H2. The number of aromatic nitrogens is 3. The summed E-state index contributed by atoms with van der Waals surface area (Å²) in [6.07, 6.45) is 3.28. The molecule has 0 bridgehead atoms. The second-order valence-electron chi connectivity index (χ2n) is 4.55. The van der Waals surface area contributed by atoms with E-state index >= 15 is 0 Å². The maximum Gasteiger partial charge on any atom is 0.123 e. The topological polar surface area (TPSA) is 63.0 Å². The van der Waals surface area contributed by atoms with Crippen molar-refractivity contribution in [2.45, 2.75) is 6.54 Å². The van der Waals surface area contributed by atoms with Gasteiger partial charge in [-0.25, -0.2) is 0 Å². The van der Waals surface area contributed by atoms with E-state index in [-0.39, 0.29) is 5.75 Å². The van der Waals surface area contributed by atoms with Crippen LogP contribution in [0.3, 0.4) is 0 Å². The molecule has 2 N–H and O–H groups in total. The van der Waals surface area contributed by atoms with E-state index in [0.717, 1.165) is 16.9 Å². The normalized spacial score (nSPS) is 10.5. The Hall–Kier alpha value is -2.53. The molecule has 0 saturated heterocycles. The minimum Gasteiger partial charge on any atom is -0.508 e. The molecule has 5 nitrogen and oxygen atoms in total. The van der Waals surface area contributed by atoms with E-state index in [1.54, 1.807) is 30.9 Å². The molecule has 0 amide bonds. The second kappa shape index (κ2) is 5.85. The molecule has 3 rings (SSSR count). The van der Waals surface area contributed by atoms with Gasteiger partial charge in [0.15, 0.2) is 0 Å². The average molecular weight is 301 g/mol. The lowest BCUT2D eigenvalue weighted by atomic mass is 10.2. The summed E-state index contributed by atoms with van der Waals surface area (Å²) in [5.74, 6) is 0.224. The molecule has 0 aliphatic rings. The van der Waals surface area contributed by atoms with Crippen molar-refractivity contribution in [1.82, 2.24) is 14.8 Å². The van der Waals surface area contributed by atoms with Gasteiger partial charge in [-0.2, -0.15) is 0 Å². The quantitative estimate of drug-likeness (QED) is 0.776. The first-order valence-corrected chi connectivity index (χ1v) is 6.76. The van der Waals surface area contributed by atoms with Crippen molar-refractivity contribution in [1.29, 1.82) is 0 Å². The SMILES string of the molecule is Oc1ccc(Cl)cc1CNc1cccc(-n2cnnc2)c1. The first-order valence-electron chi connectivity index (χ1n) is 6.39. The van der Waals surface area contributed by atoms with Crippen LogP contribution in [0.5, 0.6) is 5.75 Å². The summed E-state index contributed by atoms with van der Waals surface area (Å²) in [6, 6.07) is 12.8. The Labute approximate surface area is 126 Å². The van der Waals surface area contributed by atoms with Crippen molar-refractivity contribution in [3.63, 3.8) is 0 Å². The Morgan fingerprint density at radius 3 is 2.71 bits per heavy atom. The maximum absolute atomic E-state index is 9.80.